The fourth-order valence-corrected chi connectivity index (χ4v) is 4.89. The minimum atomic E-state index is 0.864. The van der Waals surface area contributed by atoms with E-state index in [1.165, 1.54) is 27.4 Å². The third-order valence-electron chi connectivity index (χ3n) is 6.41. The van der Waals surface area contributed by atoms with E-state index in [9.17, 15) is 0 Å². The molecule has 1 aliphatic heterocycles. The lowest BCUT2D eigenvalue weighted by molar-refractivity contribution is 0.477. The van der Waals surface area contributed by atoms with Gasteiger partial charge in [0.2, 0.25) is 0 Å². The van der Waals surface area contributed by atoms with E-state index in [1.807, 2.05) is 36.4 Å². The molecule has 0 radical (unpaired) electrons. The van der Waals surface area contributed by atoms with Gasteiger partial charge < -0.3 is 14.6 Å². The van der Waals surface area contributed by atoms with Gasteiger partial charge in [0.15, 0.2) is 11.5 Å². The van der Waals surface area contributed by atoms with Gasteiger partial charge in [-0.25, -0.2) is 0 Å². The Morgan fingerprint density at radius 2 is 1.18 bits per heavy atom. The predicted octanol–water partition coefficient (Wildman–Crippen LogP) is 8.56. The highest BCUT2D eigenvalue weighted by Crippen LogP contribution is 2.50. The smallest absolute Gasteiger partial charge is 0.151 e. The Labute approximate surface area is 191 Å². The van der Waals surface area contributed by atoms with E-state index in [0.717, 1.165) is 34.1 Å². The van der Waals surface area contributed by atoms with Gasteiger partial charge in [0.1, 0.15) is 0 Å². The summed E-state index contributed by atoms with van der Waals surface area (Å²) >= 11 is 0. The molecule has 0 aliphatic carbocycles. The highest BCUT2D eigenvalue weighted by Gasteiger charge is 2.25. The number of hydrogen-bond donors (Lipinski definition) is 1. The van der Waals surface area contributed by atoms with Crippen LogP contribution in [0.1, 0.15) is 0 Å². The number of aromatic amines is 1. The van der Waals surface area contributed by atoms with Crippen LogP contribution in [0.4, 0.5) is 17.1 Å². The number of rotatable bonds is 2. The summed E-state index contributed by atoms with van der Waals surface area (Å²) in [6.07, 6.45) is 0. The van der Waals surface area contributed by atoms with Crippen LogP contribution >= 0.6 is 0 Å². The Balaban J connectivity index is 1.36. The molecular weight excluding hydrogens is 404 g/mol. The molecule has 1 aromatic heterocycles. The maximum atomic E-state index is 6.15. The number of para-hydroxylation sites is 6. The first-order valence-corrected chi connectivity index (χ1v) is 11.1. The fraction of sp³-hybridized carbons (Fsp3) is 0. The van der Waals surface area contributed by atoms with Crippen LogP contribution in [0, 0.1) is 0 Å². The van der Waals surface area contributed by atoms with E-state index >= 15 is 0 Å². The highest BCUT2D eigenvalue weighted by atomic mass is 16.5. The van der Waals surface area contributed by atoms with Crippen LogP contribution in [0.5, 0.6) is 11.5 Å². The Kier molecular flexibility index (Phi) is 3.84. The molecule has 33 heavy (non-hydrogen) atoms. The van der Waals surface area contributed by atoms with Crippen LogP contribution in [0.25, 0.3) is 32.9 Å². The van der Waals surface area contributed by atoms with Crippen LogP contribution in [-0.4, -0.2) is 4.98 Å². The minimum Gasteiger partial charge on any atom is -0.453 e. The molecule has 0 unspecified atom stereocenters. The van der Waals surface area contributed by atoms with Crippen molar-refractivity contribution in [1.82, 2.24) is 4.98 Å². The summed E-state index contributed by atoms with van der Waals surface area (Å²) in [4.78, 5) is 5.89. The van der Waals surface area contributed by atoms with Gasteiger partial charge in [0.25, 0.3) is 0 Å². The standard InChI is InChI=1S/C30H20N2O/c1-2-11-25-23(8-1)24-10-7-9-22(30(24)31-25)20-16-18-21(19-17-20)32-26-12-3-5-14-28(26)33-29-15-6-4-13-27(29)32/h1-19,31H. The van der Waals surface area contributed by atoms with Crippen molar-refractivity contribution < 1.29 is 4.74 Å². The third kappa shape index (κ3) is 2.76. The molecule has 0 atom stereocenters. The van der Waals surface area contributed by atoms with E-state index in [4.69, 9.17) is 4.74 Å². The van der Waals surface area contributed by atoms with Gasteiger partial charge in [0.05, 0.1) is 16.9 Å². The van der Waals surface area contributed by atoms with Crippen LogP contribution in [0.2, 0.25) is 0 Å². The van der Waals surface area contributed by atoms with Crippen LogP contribution in [-0.2, 0) is 0 Å². The summed E-state index contributed by atoms with van der Waals surface area (Å²) in [6, 6.07) is 40.1. The lowest BCUT2D eigenvalue weighted by Crippen LogP contribution is -2.15. The molecule has 0 saturated carbocycles. The van der Waals surface area contributed by atoms with E-state index in [1.54, 1.807) is 0 Å². The molecule has 5 aromatic carbocycles. The van der Waals surface area contributed by atoms with Crippen molar-refractivity contribution in [3.63, 3.8) is 0 Å². The molecule has 2 heterocycles. The van der Waals surface area contributed by atoms with Crippen molar-refractivity contribution in [3.8, 4) is 22.6 Å². The number of ether oxygens (including phenoxy) is 1. The van der Waals surface area contributed by atoms with Gasteiger partial charge in [-0.15, -0.1) is 0 Å². The van der Waals surface area contributed by atoms with Crippen molar-refractivity contribution in [2.75, 3.05) is 4.90 Å². The van der Waals surface area contributed by atoms with Crippen molar-refractivity contribution in [2.45, 2.75) is 0 Å². The van der Waals surface area contributed by atoms with Crippen molar-refractivity contribution in [1.29, 1.82) is 0 Å². The molecule has 1 aliphatic rings. The zero-order chi connectivity index (χ0) is 21.8. The first-order chi connectivity index (χ1) is 16.4. The number of fused-ring (bicyclic) bond motifs is 5. The number of hydrogen-bond acceptors (Lipinski definition) is 2. The summed E-state index contributed by atoms with van der Waals surface area (Å²) in [6.45, 7) is 0. The molecule has 0 bridgehead atoms. The molecule has 0 fully saturated rings. The van der Waals surface area contributed by atoms with Crippen molar-refractivity contribution in [2.24, 2.45) is 0 Å². The number of aromatic nitrogens is 1. The lowest BCUT2D eigenvalue weighted by atomic mass is 10.0. The molecule has 3 nitrogen and oxygen atoms in total. The Morgan fingerprint density at radius 1 is 0.545 bits per heavy atom. The number of H-pyrrole nitrogens is 1. The quantitative estimate of drug-likeness (QED) is 0.301. The monoisotopic (exact) mass is 424 g/mol. The van der Waals surface area contributed by atoms with Gasteiger partial charge in [-0.1, -0.05) is 72.8 Å². The zero-order valence-corrected chi connectivity index (χ0v) is 17.8. The number of benzene rings is 5. The number of nitrogens with one attached hydrogen (secondary N) is 1. The van der Waals surface area contributed by atoms with Gasteiger partial charge in [-0.2, -0.15) is 0 Å². The summed E-state index contributed by atoms with van der Waals surface area (Å²) in [5.74, 6) is 1.73. The molecule has 0 saturated heterocycles. The van der Waals surface area contributed by atoms with Crippen LogP contribution in [0.15, 0.2) is 115 Å². The van der Waals surface area contributed by atoms with Gasteiger partial charge in [0, 0.05) is 27.5 Å². The van der Waals surface area contributed by atoms with Crippen LogP contribution in [0.3, 0.4) is 0 Å². The molecule has 1 N–H and O–H groups in total. The van der Waals surface area contributed by atoms with E-state index < -0.39 is 0 Å². The maximum Gasteiger partial charge on any atom is 0.151 e. The van der Waals surface area contributed by atoms with Crippen molar-refractivity contribution in [3.05, 3.63) is 115 Å². The second-order valence-electron chi connectivity index (χ2n) is 8.32. The SMILES string of the molecule is c1ccc2c(c1)Oc1ccccc1N2c1ccc(-c2cccc3c2[nH]c2ccccc23)cc1. The maximum absolute atomic E-state index is 6.15. The van der Waals surface area contributed by atoms with E-state index in [-0.39, 0.29) is 0 Å². The Hall–Kier alpha value is -4.50. The van der Waals surface area contributed by atoms with Gasteiger partial charge in [-0.3, -0.25) is 0 Å². The Bertz CT molecular complexity index is 1600. The van der Waals surface area contributed by atoms with Gasteiger partial charge in [-0.05, 0) is 48.0 Å². The summed E-state index contributed by atoms with van der Waals surface area (Å²) in [7, 11) is 0. The van der Waals surface area contributed by atoms with E-state index in [0.29, 0.717) is 0 Å². The second-order valence-corrected chi connectivity index (χ2v) is 8.32. The van der Waals surface area contributed by atoms with Crippen LogP contribution < -0.4 is 9.64 Å². The molecule has 6 aromatic rings. The van der Waals surface area contributed by atoms with E-state index in [2.05, 4.69) is 88.7 Å². The molecule has 3 heteroatoms. The minimum absolute atomic E-state index is 0.864. The average Bonchev–Trinajstić information content (AvgIpc) is 3.26. The second kappa shape index (κ2) is 7.01. The zero-order valence-electron chi connectivity index (χ0n) is 17.8. The summed E-state index contributed by atoms with van der Waals surface area (Å²) in [5.41, 5.74) is 7.92. The largest absolute Gasteiger partial charge is 0.453 e. The molecule has 0 amide bonds. The molecule has 7 rings (SSSR count). The first kappa shape index (κ1) is 18.1. The summed E-state index contributed by atoms with van der Waals surface area (Å²) in [5, 5.41) is 2.51. The molecule has 156 valence electrons. The average molecular weight is 425 g/mol. The number of nitrogens with zero attached hydrogens (tertiary/aromatic N) is 1. The highest BCUT2D eigenvalue weighted by molar-refractivity contribution is 6.11. The normalized spacial score (nSPS) is 12.4. The topological polar surface area (TPSA) is 28.3 Å². The third-order valence-corrected chi connectivity index (χ3v) is 6.41. The predicted molar refractivity (Wildman–Crippen MR) is 136 cm³/mol. The fourth-order valence-electron chi connectivity index (χ4n) is 4.89. The van der Waals surface area contributed by atoms with Gasteiger partial charge >= 0.3 is 0 Å². The number of anilines is 3. The molecule has 0 spiro atoms. The molecular formula is C30H20N2O. The Morgan fingerprint density at radius 3 is 1.94 bits per heavy atom. The first-order valence-electron chi connectivity index (χ1n) is 11.1. The van der Waals surface area contributed by atoms with Crippen molar-refractivity contribution >= 4 is 38.9 Å². The summed E-state index contributed by atoms with van der Waals surface area (Å²) < 4.78 is 6.15. The lowest BCUT2D eigenvalue weighted by Gasteiger charge is -2.32.